The quantitative estimate of drug-likeness (QED) is 0.205. The molecular weight excluding hydrogens is 726 g/mol. The van der Waals surface area contributed by atoms with Gasteiger partial charge in [-0.2, -0.15) is 0 Å². The number of rotatable bonds is 8. The van der Waals surface area contributed by atoms with Crippen molar-refractivity contribution in [2.45, 2.75) is 82.3 Å². The minimum atomic E-state index is -1.44. The molecule has 1 spiro atoms. The number of aliphatic hydroxyl groups excluding tert-OH is 1. The van der Waals surface area contributed by atoms with E-state index in [0.717, 1.165) is 18.4 Å². The topological polar surface area (TPSA) is 125 Å². The van der Waals surface area contributed by atoms with E-state index in [2.05, 4.69) is 21.2 Å². The lowest BCUT2D eigenvalue weighted by molar-refractivity contribution is -0.161. The summed E-state index contributed by atoms with van der Waals surface area (Å²) in [6.45, 7) is 4.14. The van der Waals surface area contributed by atoms with Gasteiger partial charge in [0.25, 0.3) is 5.91 Å². The van der Waals surface area contributed by atoms with E-state index in [1.165, 1.54) is 0 Å². The number of aliphatic hydroxyl groups is 1. The van der Waals surface area contributed by atoms with Crippen molar-refractivity contribution in [2.24, 2.45) is 11.8 Å². The van der Waals surface area contributed by atoms with Gasteiger partial charge in [-0.05, 0) is 56.4 Å². The van der Waals surface area contributed by atoms with Crippen molar-refractivity contribution in [1.29, 1.82) is 0 Å². The number of anilines is 1. The lowest BCUT2D eigenvalue weighted by atomic mass is 9.74. The number of para-hydroxylation sites is 1. The SMILES string of the molecule is Cc1cccc(Cl)c1N1C/C=C\CCC(=O)N[C@@H](C)[C@H](c2ccccc2)OC(=O)[C@H]2[C@@H]3O[C@@]4(C=C3Br)[C@@H]2C(=O)N(CCCCCCO)[C@@H]4C1=O. The molecule has 0 aromatic heterocycles. The number of aryl methyl sites for hydroxylation is 1. The molecule has 12 heteroatoms. The minimum Gasteiger partial charge on any atom is -0.455 e. The number of amides is 3. The number of likely N-dealkylation sites (tertiary alicyclic amines) is 1. The number of nitrogens with zero attached hydrogens (tertiary/aromatic N) is 2. The highest BCUT2D eigenvalue weighted by Crippen LogP contribution is 2.59. The van der Waals surface area contributed by atoms with Crippen molar-refractivity contribution in [1.82, 2.24) is 10.2 Å². The van der Waals surface area contributed by atoms with Gasteiger partial charge in [-0.15, -0.1) is 0 Å². The molecule has 2 saturated heterocycles. The van der Waals surface area contributed by atoms with Crippen molar-refractivity contribution in [3.63, 3.8) is 0 Å². The molecule has 4 aliphatic heterocycles. The standard InChI is InChI=1S/C38H43BrClN3O7/c1-23-14-13-17-27(40)31(23)42-19-11-6-9-18-28(45)41-24(2)32(25-15-7-5-8-16-25)49-37(48)29-30-35(46)43(20-10-3-4-12-21-44)34(36(42)47)38(30)22-26(39)33(29)50-38/h5-8,11,13-17,22,24,29-30,32-34,44H,3-4,9-10,12,18-21H2,1-2H3,(H,41,45)/b11-6-/t24-,29+,30-,32+,33+,34+,38-/m0/s1. The number of esters is 1. The summed E-state index contributed by atoms with van der Waals surface area (Å²) in [5.41, 5.74) is 0.537. The Labute approximate surface area is 305 Å². The second kappa shape index (κ2) is 15.4. The molecule has 5 bridgehead atoms. The lowest BCUT2D eigenvalue weighted by Crippen LogP contribution is -2.56. The largest absolute Gasteiger partial charge is 0.455 e. The van der Waals surface area contributed by atoms with Gasteiger partial charge in [0.1, 0.15) is 29.8 Å². The van der Waals surface area contributed by atoms with Crippen LogP contribution in [0.25, 0.3) is 0 Å². The van der Waals surface area contributed by atoms with Gasteiger partial charge in [-0.1, -0.05) is 95.0 Å². The van der Waals surface area contributed by atoms with Crippen LogP contribution in [0.2, 0.25) is 5.02 Å². The Balaban J connectivity index is 1.46. The number of carbonyl (C=O) groups excluding carboxylic acids is 4. The molecular formula is C38H43BrClN3O7. The van der Waals surface area contributed by atoms with Crippen LogP contribution in [0.15, 0.2) is 71.2 Å². The maximum absolute atomic E-state index is 15.1. The Bertz CT molecular complexity index is 1670. The first-order valence-corrected chi connectivity index (χ1v) is 18.5. The van der Waals surface area contributed by atoms with Crippen molar-refractivity contribution in [3.8, 4) is 0 Å². The van der Waals surface area contributed by atoms with Gasteiger partial charge in [0.05, 0.1) is 22.7 Å². The summed E-state index contributed by atoms with van der Waals surface area (Å²) < 4.78 is 13.5. The molecule has 10 nitrogen and oxygen atoms in total. The Morgan fingerprint density at radius 3 is 2.48 bits per heavy atom. The van der Waals surface area contributed by atoms with Gasteiger partial charge >= 0.3 is 5.97 Å². The van der Waals surface area contributed by atoms with Gasteiger partial charge in [0.2, 0.25) is 11.8 Å². The minimum absolute atomic E-state index is 0.0821. The number of hydrogen-bond donors (Lipinski definition) is 2. The summed E-state index contributed by atoms with van der Waals surface area (Å²) in [5.74, 6) is -3.66. The monoisotopic (exact) mass is 767 g/mol. The van der Waals surface area contributed by atoms with E-state index in [0.29, 0.717) is 40.0 Å². The molecule has 50 heavy (non-hydrogen) atoms. The van der Waals surface area contributed by atoms with Crippen molar-refractivity contribution >= 4 is 56.9 Å². The van der Waals surface area contributed by atoms with Gasteiger partial charge in [0, 0.05) is 30.6 Å². The fraction of sp³-hybridized carbons (Fsp3) is 0.474. The third-order valence-electron chi connectivity index (χ3n) is 10.2. The predicted molar refractivity (Wildman–Crippen MR) is 192 cm³/mol. The first-order valence-electron chi connectivity index (χ1n) is 17.3. The predicted octanol–water partition coefficient (Wildman–Crippen LogP) is 5.55. The summed E-state index contributed by atoms with van der Waals surface area (Å²) in [4.78, 5) is 60.4. The van der Waals surface area contributed by atoms with Crippen LogP contribution in [-0.2, 0) is 28.7 Å². The molecule has 0 unspecified atom stereocenters. The van der Waals surface area contributed by atoms with E-state index in [1.54, 1.807) is 28.9 Å². The number of unbranched alkanes of at least 4 members (excludes halogenated alkanes) is 3. The van der Waals surface area contributed by atoms with E-state index < -0.39 is 47.7 Å². The number of cyclic esters (lactones) is 1. The molecule has 0 radical (unpaired) electrons. The summed E-state index contributed by atoms with van der Waals surface area (Å²) in [5, 5.41) is 12.7. The number of nitrogens with one attached hydrogen (secondary N) is 1. The zero-order valence-electron chi connectivity index (χ0n) is 28.2. The summed E-state index contributed by atoms with van der Waals surface area (Å²) in [6.07, 6.45) is 7.16. The zero-order valence-corrected chi connectivity index (χ0v) is 30.6. The third kappa shape index (κ3) is 6.77. The number of allylic oxidation sites excluding steroid dienone is 1. The van der Waals surface area contributed by atoms with Crippen LogP contribution in [0, 0.1) is 18.8 Å². The van der Waals surface area contributed by atoms with E-state index in [9.17, 15) is 19.5 Å². The number of benzene rings is 2. The van der Waals surface area contributed by atoms with Gasteiger partial charge in [-0.3, -0.25) is 19.2 Å². The Morgan fingerprint density at radius 1 is 0.980 bits per heavy atom. The molecule has 6 rings (SSSR count). The fourth-order valence-corrected chi connectivity index (χ4v) is 8.94. The molecule has 4 aliphatic rings. The molecule has 266 valence electrons. The van der Waals surface area contributed by atoms with Crippen LogP contribution in [-0.4, -0.2) is 77.2 Å². The fourth-order valence-electron chi connectivity index (χ4n) is 7.88. The van der Waals surface area contributed by atoms with Gasteiger partial charge in [-0.25, -0.2) is 0 Å². The van der Waals surface area contributed by atoms with Crippen LogP contribution in [0.5, 0.6) is 0 Å². The highest BCUT2D eigenvalue weighted by Gasteiger charge is 2.75. The van der Waals surface area contributed by atoms with E-state index in [-0.39, 0.29) is 43.8 Å². The maximum atomic E-state index is 15.1. The van der Waals surface area contributed by atoms with Crippen LogP contribution in [0.3, 0.4) is 0 Å². The summed E-state index contributed by atoms with van der Waals surface area (Å²) in [7, 11) is 0. The average Bonchev–Trinajstić information content (AvgIpc) is 3.68. The number of halogens is 2. The number of hydrogen-bond acceptors (Lipinski definition) is 7. The molecule has 0 saturated carbocycles. The van der Waals surface area contributed by atoms with Crippen LogP contribution >= 0.6 is 27.5 Å². The maximum Gasteiger partial charge on any atom is 0.313 e. The molecule has 2 aromatic rings. The molecule has 4 heterocycles. The lowest BCUT2D eigenvalue weighted by Gasteiger charge is -2.36. The number of carbonyl (C=O) groups is 4. The second-order valence-electron chi connectivity index (χ2n) is 13.5. The highest BCUT2D eigenvalue weighted by atomic mass is 79.9. The van der Waals surface area contributed by atoms with Gasteiger partial charge < -0.3 is 29.7 Å². The normalized spacial score (nSPS) is 30.6. The molecule has 7 atom stereocenters. The van der Waals surface area contributed by atoms with Gasteiger partial charge in [0.15, 0.2) is 0 Å². The van der Waals surface area contributed by atoms with Crippen LogP contribution < -0.4 is 10.2 Å². The molecule has 2 aromatic carbocycles. The van der Waals surface area contributed by atoms with Crippen LogP contribution in [0.4, 0.5) is 5.69 Å². The smallest absolute Gasteiger partial charge is 0.313 e. The van der Waals surface area contributed by atoms with E-state index >= 15 is 4.79 Å². The number of ether oxygens (including phenoxy) is 2. The Kier molecular flexibility index (Phi) is 11.2. The second-order valence-corrected chi connectivity index (χ2v) is 14.8. The zero-order chi connectivity index (χ0) is 35.6. The summed E-state index contributed by atoms with van der Waals surface area (Å²) in [6, 6.07) is 12.9. The summed E-state index contributed by atoms with van der Waals surface area (Å²) >= 11 is 10.4. The molecule has 2 fully saturated rings. The first kappa shape index (κ1) is 36.3. The van der Waals surface area contributed by atoms with Crippen molar-refractivity contribution in [2.75, 3.05) is 24.6 Å². The average molecular weight is 769 g/mol. The van der Waals surface area contributed by atoms with E-state index in [4.69, 9.17) is 21.1 Å². The number of fused-ring (bicyclic) bond motifs is 2. The first-order chi connectivity index (χ1) is 24.1. The molecule has 2 N–H and O–H groups in total. The van der Waals surface area contributed by atoms with Crippen molar-refractivity contribution < 1.29 is 33.8 Å². The Morgan fingerprint density at radius 2 is 1.74 bits per heavy atom. The van der Waals surface area contributed by atoms with Crippen molar-refractivity contribution in [3.05, 3.63) is 87.4 Å². The molecule has 0 aliphatic carbocycles. The van der Waals surface area contributed by atoms with E-state index in [1.807, 2.05) is 61.5 Å². The molecule has 3 amide bonds. The Hall–Kier alpha value is -3.51. The third-order valence-corrected chi connectivity index (χ3v) is 11.2. The van der Waals surface area contributed by atoms with Crippen LogP contribution in [0.1, 0.15) is 62.7 Å². The highest BCUT2D eigenvalue weighted by molar-refractivity contribution is 9.11.